The Balaban J connectivity index is 2.75. The fraction of sp³-hybridized carbons (Fsp3) is 0.400. The highest BCUT2D eigenvalue weighted by Crippen LogP contribution is 2.19. The lowest BCUT2D eigenvalue weighted by atomic mass is 10.2. The Bertz CT molecular complexity index is 286. The molecule has 1 rings (SSSR count). The number of nitrogens with zero attached hydrogens (tertiary/aromatic N) is 1. The number of halogens is 2. The molecule has 0 spiro atoms. The summed E-state index contributed by atoms with van der Waals surface area (Å²) in [6, 6.07) is 4.62. The van der Waals surface area contributed by atoms with Crippen molar-refractivity contribution >= 4 is 11.6 Å². The summed E-state index contributed by atoms with van der Waals surface area (Å²) in [5.41, 5.74) is 0.477. The van der Waals surface area contributed by atoms with Gasteiger partial charge in [-0.2, -0.15) is 0 Å². The molecule has 0 radical (unpaired) electrons. The van der Waals surface area contributed by atoms with E-state index in [0.717, 1.165) is 0 Å². The molecule has 0 aliphatic rings. The van der Waals surface area contributed by atoms with Crippen molar-refractivity contribution in [2.75, 3.05) is 20.2 Å². The van der Waals surface area contributed by atoms with Crippen LogP contribution >= 0.6 is 11.6 Å². The molecule has 0 amide bonds. The van der Waals surface area contributed by atoms with Gasteiger partial charge in [-0.05, 0) is 19.2 Å². The third kappa shape index (κ3) is 2.94. The van der Waals surface area contributed by atoms with Crippen molar-refractivity contribution in [1.82, 2.24) is 4.90 Å². The van der Waals surface area contributed by atoms with Gasteiger partial charge in [-0.1, -0.05) is 17.7 Å². The van der Waals surface area contributed by atoms with Crippen LogP contribution in [0.2, 0.25) is 5.02 Å². The molecule has 1 N–H and O–H groups in total. The Morgan fingerprint density at radius 2 is 2.21 bits per heavy atom. The highest BCUT2D eigenvalue weighted by atomic mass is 35.5. The van der Waals surface area contributed by atoms with Crippen molar-refractivity contribution in [3.8, 4) is 0 Å². The largest absolute Gasteiger partial charge is 0.395 e. The van der Waals surface area contributed by atoms with Crippen molar-refractivity contribution in [2.24, 2.45) is 0 Å². The van der Waals surface area contributed by atoms with Crippen molar-refractivity contribution < 1.29 is 9.50 Å². The maximum Gasteiger partial charge on any atom is 0.129 e. The van der Waals surface area contributed by atoms with Crippen LogP contribution in [0.1, 0.15) is 5.56 Å². The van der Waals surface area contributed by atoms with Gasteiger partial charge in [0, 0.05) is 23.7 Å². The molecular weight excluding hydrogens is 205 g/mol. The lowest BCUT2D eigenvalue weighted by Gasteiger charge is -2.16. The van der Waals surface area contributed by atoms with Gasteiger partial charge >= 0.3 is 0 Å². The zero-order valence-electron chi connectivity index (χ0n) is 8.00. The summed E-state index contributed by atoms with van der Waals surface area (Å²) in [6.45, 7) is 0.972. The Morgan fingerprint density at radius 3 is 2.79 bits per heavy atom. The summed E-state index contributed by atoms with van der Waals surface area (Å²) >= 11 is 5.84. The minimum Gasteiger partial charge on any atom is -0.395 e. The Labute approximate surface area is 87.9 Å². The van der Waals surface area contributed by atoms with Gasteiger partial charge in [0.2, 0.25) is 0 Å². The Kier molecular flexibility index (Phi) is 4.32. The normalized spacial score (nSPS) is 10.9. The first-order chi connectivity index (χ1) is 6.65. The quantitative estimate of drug-likeness (QED) is 0.833. The summed E-state index contributed by atoms with van der Waals surface area (Å²) in [6.07, 6.45) is 0. The molecule has 0 aliphatic carbocycles. The van der Waals surface area contributed by atoms with Crippen LogP contribution < -0.4 is 0 Å². The number of aliphatic hydroxyl groups is 1. The first kappa shape index (κ1) is 11.4. The molecule has 0 heterocycles. The summed E-state index contributed by atoms with van der Waals surface area (Å²) in [4.78, 5) is 1.81. The van der Waals surface area contributed by atoms with Gasteiger partial charge in [0.15, 0.2) is 0 Å². The number of hydrogen-bond acceptors (Lipinski definition) is 2. The molecule has 0 fully saturated rings. The predicted octanol–water partition coefficient (Wildman–Crippen LogP) is 1.90. The van der Waals surface area contributed by atoms with E-state index in [1.807, 2.05) is 4.90 Å². The summed E-state index contributed by atoms with van der Waals surface area (Å²) < 4.78 is 13.3. The molecule has 1 aromatic rings. The lowest BCUT2D eigenvalue weighted by Crippen LogP contribution is -2.22. The van der Waals surface area contributed by atoms with Crippen LogP contribution in [0.15, 0.2) is 18.2 Å². The first-order valence-electron chi connectivity index (χ1n) is 4.37. The number of aliphatic hydroxyl groups excluding tert-OH is 1. The predicted molar refractivity (Wildman–Crippen MR) is 54.8 cm³/mol. The van der Waals surface area contributed by atoms with Gasteiger partial charge in [0.25, 0.3) is 0 Å². The third-order valence-electron chi connectivity index (χ3n) is 1.97. The molecule has 4 heteroatoms. The average Bonchev–Trinajstić information content (AvgIpc) is 2.12. The van der Waals surface area contributed by atoms with Gasteiger partial charge in [0.05, 0.1) is 6.61 Å². The van der Waals surface area contributed by atoms with E-state index < -0.39 is 0 Å². The maximum atomic E-state index is 13.3. The molecule has 0 unspecified atom stereocenters. The Morgan fingerprint density at radius 1 is 1.50 bits per heavy atom. The number of likely N-dealkylation sites (N-methyl/N-ethyl adjacent to an activating group) is 1. The second-order valence-corrected chi connectivity index (χ2v) is 3.57. The smallest absolute Gasteiger partial charge is 0.129 e. The van der Waals surface area contributed by atoms with Gasteiger partial charge in [-0.15, -0.1) is 0 Å². The van der Waals surface area contributed by atoms with E-state index in [2.05, 4.69) is 0 Å². The van der Waals surface area contributed by atoms with Gasteiger partial charge in [0.1, 0.15) is 5.82 Å². The second kappa shape index (κ2) is 5.29. The molecule has 0 saturated heterocycles. The minimum atomic E-state index is -0.303. The molecule has 0 atom stereocenters. The third-order valence-corrected chi connectivity index (χ3v) is 2.33. The van der Waals surface area contributed by atoms with Crippen LogP contribution in [0.25, 0.3) is 0 Å². The molecule has 78 valence electrons. The SMILES string of the molecule is CN(CCO)Cc1c(F)cccc1Cl. The number of rotatable bonds is 4. The molecule has 14 heavy (non-hydrogen) atoms. The summed E-state index contributed by atoms with van der Waals surface area (Å²) in [5.74, 6) is -0.303. The van der Waals surface area contributed by atoms with Crippen LogP contribution in [-0.4, -0.2) is 30.2 Å². The van der Waals surface area contributed by atoms with Crippen molar-refractivity contribution in [3.05, 3.63) is 34.6 Å². The zero-order chi connectivity index (χ0) is 10.6. The second-order valence-electron chi connectivity index (χ2n) is 3.16. The van der Waals surface area contributed by atoms with Gasteiger partial charge in [-0.25, -0.2) is 4.39 Å². The van der Waals surface area contributed by atoms with E-state index >= 15 is 0 Å². The zero-order valence-corrected chi connectivity index (χ0v) is 8.76. The molecule has 1 aromatic carbocycles. The lowest BCUT2D eigenvalue weighted by molar-refractivity contribution is 0.216. The Hall–Kier alpha value is -0.640. The van der Waals surface area contributed by atoms with Crippen LogP contribution in [0.3, 0.4) is 0 Å². The summed E-state index contributed by atoms with van der Waals surface area (Å²) in [5, 5.41) is 9.11. The topological polar surface area (TPSA) is 23.5 Å². The standard InChI is InChI=1S/C10H13ClFNO/c1-13(5-6-14)7-8-9(11)3-2-4-10(8)12/h2-4,14H,5-7H2,1H3. The summed E-state index contributed by atoms with van der Waals surface area (Å²) in [7, 11) is 1.80. The fourth-order valence-corrected chi connectivity index (χ4v) is 1.43. The first-order valence-corrected chi connectivity index (χ1v) is 4.75. The van der Waals surface area contributed by atoms with Crippen molar-refractivity contribution in [2.45, 2.75) is 6.54 Å². The molecule has 2 nitrogen and oxygen atoms in total. The molecular formula is C10H13ClFNO. The minimum absolute atomic E-state index is 0.0581. The molecule has 0 saturated carbocycles. The molecule has 0 aromatic heterocycles. The molecule has 0 bridgehead atoms. The van der Waals surface area contributed by atoms with E-state index in [4.69, 9.17) is 16.7 Å². The van der Waals surface area contributed by atoms with Crippen LogP contribution in [0.5, 0.6) is 0 Å². The van der Waals surface area contributed by atoms with E-state index in [-0.39, 0.29) is 12.4 Å². The van der Waals surface area contributed by atoms with E-state index in [1.165, 1.54) is 6.07 Å². The van der Waals surface area contributed by atoms with Gasteiger partial charge in [-0.3, -0.25) is 4.90 Å². The van der Waals surface area contributed by atoms with E-state index in [1.54, 1.807) is 19.2 Å². The highest BCUT2D eigenvalue weighted by molar-refractivity contribution is 6.31. The monoisotopic (exact) mass is 217 g/mol. The van der Waals surface area contributed by atoms with E-state index in [0.29, 0.717) is 23.7 Å². The number of hydrogen-bond donors (Lipinski definition) is 1. The van der Waals surface area contributed by atoms with E-state index in [9.17, 15) is 4.39 Å². The van der Waals surface area contributed by atoms with Crippen molar-refractivity contribution in [3.63, 3.8) is 0 Å². The van der Waals surface area contributed by atoms with Gasteiger partial charge < -0.3 is 5.11 Å². The average molecular weight is 218 g/mol. The molecule has 0 aliphatic heterocycles. The van der Waals surface area contributed by atoms with Crippen LogP contribution in [0.4, 0.5) is 4.39 Å². The van der Waals surface area contributed by atoms with Crippen molar-refractivity contribution in [1.29, 1.82) is 0 Å². The highest BCUT2D eigenvalue weighted by Gasteiger charge is 2.08. The maximum absolute atomic E-state index is 13.3. The van der Waals surface area contributed by atoms with Crippen LogP contribution in [0, 0.1) is 5.82 Å². The fourth-order valence-electron chi connectivity index (χ4n) is 1.20. The number of benzene rings is 1. The van der Waals surface area contributed by atoms with Crippen LogP contribution in [-0.2, 0) is 6.54 Å².